The molecule has 2 amide bonds. The summed E-state index contributed by atoms with van der Waals surface area (Å²) in [5.74, 6) is -0.391. The number of nitrogen functional groups attached to an aromatic ring is 1. The highest BCUT2D eigenvalue weighted by Crippen LogP contribution is 2.35. The average Bonchev–Trinajstić information content (AvgIpc) is 3.18. The van der Waals surface area contributed by atoms with Gasteiger partial charge in [0.15, 0.2) is 0 Å². The number of H-pyrrole nitrogens is 1. The smallest absolute Gasteiger partial charge is 0.256 e. The number of carbonyl (C=O) groups excluding carboxylic acids is 2. The van der Waals surface area contributed by atoms with Crippen LogP contribution in [0.5, 0.6) is 0 Å². The number of aromatic amines is 1. The summed E-state index contributed by atoms with van der Waals surface area (Å²) in [6.07, 6.45) is 1.79. The largest absolute Gasteiger partial charge is 0.397 e. The van der Waals surface area contributed by atoms with Crippen molar-refractivity contribution >= 4 is 34.8 Å². The minimum Gasteiger partial charge on any atom is -0.397 e. The molecule has 5 N–H and O–H groups in total. The van der Waals surface area contributed by atoms with Crippen molar-refractivity contribution in [3.63, 3.8) is 0 Å². The molecule has 1 unspecified atom stereocenters. The van der Waals surface area contributed by atoms with Crippen LogP contribution in [0.3, 0.4) is 0 Å². The standard InChI is InChI=1S/C25H26N4O2/c1-13-6-5-7-17(10-13)15(3)28-24(30)18-8-9-21-19(11-18)20(25(31)29-21)12-22-14(2)23(26)16(4)27-22/h5-12,15,27H,26H2,1-4H3,(H,28,30)(H,29,31)/b20-12-. The Bertz CT molecular complexity index is 1240. The van der Waals surface area contributed by atoms with Gasteiger partial charge in [-0.3, -0.25) is 9.59 Å². The van der Waals surface area contributed by atoms with Crippen LogP contribution in [0.2, 0.25) is 0 Å². The summed E-state index contributed by atoms with van der Waals surface area (Å²) in [5, 5.41) is 5.90. The van der Waals surface area contributed by atoms with Gasteiger partial charge in [0.05, 0.1) is 17.3 Å². The highest BCUT2D eigenvalue weighted by atomic mass is 16.2. The lowest BCUT2D eigenvalue weighted by molar-refractivity contribution is -0.110. The van der Waals surface area contributed by atoms with E-state index in [4.69, 9.17) is 5.73 Å². The Hall–Kier alpha value is -3.80. The molecule has 0 saturated carbocycles. The SMILES string of the molecule is Cc1cccc(C(C)NC(=O)c2ccc3c(c2)/C(=C/c2[nH]c(C)c(N)c2C)C(=O)N3)c1. The zero-order chi connectivity index (χ0) is 22.3. The molecule has 1 aliphatic rings. The van der Waals surface area contributed by atoms with Gasteiger partial charge in [-0.1, -0.05) is 29.8 Å². The van der Waals surface area contributed by atoms with Crippen molar-refractivity contribution < 1.29 is 9.59 Å². The van der Waals surface area contributed by atoms with Crippen LogP contribution < -0.4 is 16.4 Å². The first-order chi connectivity index (χ1) is 14.7. The number of hydrogen-bond donors (Lipinski definition) is 4. The molecule has 6 heteroatoms. The number of carbonyl (C=O) groups is 2. The van der Waals surface area contributed by atoms with Crippen LogP contribution in [0.15, 0.2) is 42.5 Å². The third-order valence-corrected chi connectivity index (χ3v) is 5.78. The summed E-state index contributed by atoms with van der Waals surface area (Å²) in [5.41, 5.74) is 13.9. The van der Waals surface area contributed by atoms with Gasteiger partial charge < -0.3 is 21.4 Å². The van der Waals surface area contributed by atoms with Crippen LogP contribution in [0.4, 0.5) is 11.4 Å². The topological polar surface area (TPSA) is 100 Å². The molecule has 0 saturated heterocycles. The second-order valence-electron chi connectivity index (χ2n) is 8.08. The number of hydrogen-bond acceptors (Lipinski definition) is 3. The number of amides is 2. The van der Waals surface area contributed by atoms with Crippen LogP contribution in [0, 0.1) is 20.8 Å². The molecule has 2 heterocycles. The fourth-order valence-corrected chi connectivity index (χ4v) is 3.85. The fraction of sp³-hybridized carbons (Fsp3) is 0.200. The fourth-order valence-electron chi connectivity index (χ4n) is 3.85. The zero-order valence-electron chi connectivity index (χ0n) is 18.1. The molecule has 1 aliphatic heterocycles. The Morgan fingerprint density at radius 3 is 2.58 bits per heavy atom. The Labute approximate surface area is 181 Å². The van der Waals surface area contributed by atoms with Gasteiger partial charge >= 0.3 is 0 Å². The molecule has 31 heavy (non-hydrogen) atoms. The van der Waals surface area contributed by atoms with E-state index in [0.29, 0.717) is 28.1 Å². The van der Waals surface area contributed by atoms with Crippen molar-refractivity contribution in [2.24, 2.45) is 0 Å². The van der Waals surface area contributed by atoms with Crippen LogP contribution in [0.1, 0.15) is 57.0 Å². The van der Waals surface area contributed by atoms with Crippen molar-refractivity contribution in [1.29, 1.82) is 0 Å². The highest BCUT2D eigenvalue weighted by Gasteiger charge is 2.26. The molecule has 0 radical (unpaired) electrons. The van der Waals surface area contributed by atoms with E-state index in [9.17, 15) is 9.59 Å². The predicted octanol–water partition coefficient (Wildman–Crippen LogP) is 4.51. The van der Waals surface area contributed by atoms with Crippen LogP contribution in [0.25, 0.3) is 11.6 Å². The summed E-state index contributed by atoms with van der Waals surface area (Å²) >= 11 is 0. The molecule has 3 aromatic rings. The van der Waals surface area contributed by atoms with Gasteiger partial charge in [-0.2, -0.15) is 0 Å². The Morgan fingerprint density at radius 1 is 1.13 bits per heavy atom. The number of aryl methyl sites for hydroxylation is 2. The van der Waals surface area contributed by atoms with Gasteiger partial charge in [0, 0.05) is 28.2 Å². The van der Waals surface area contributed by atoms with Gasteiger partial charge in [0.1, 0.15) is 0 Å². The minimum atomic E-state index is -0.203. The molecular formula is C25H26N4O2. The van der Waals surface area contributed by atoms with E-state index in [1.807, 2.05) is 45.9 Å². The Morgan fingerprint density at radius 2 is 1.90 bits per heavy atom. The quantitative estimate of drug-likeness (QED) is 0.473. The van der Waals surface area contributed by atoms with Gasteiger partial charge in [0.2, 0.25) is 0 Å². The van der Waals surface area contributed by atoms with Gasteiger partial charge in [-0.05, 0) is 63.1 Å². The molecule has 0 fully saturated rings. The third kappa shape index (κ3) is 3.84. The minimum absolute atomic E-state index is 0.136. The first kappa shape index (κ1) is 20.5. The zero-order valence-corrected chi connectivity index (χ0v) is 18.1. The summed E-state index contributed by atoms with van der Waals surface area (Å²) in [4.78, 5) is 28.7. The molecule has 4 rings (SSSR count). The summed E-state index contributed by atoms with van der Waals surface area (Å²) in [6, 6.07) is 13.2. The lowest BCUT2D eigenvalue weighted by atomic mass is 10.0. The maximum absolute atomic E-state index is 12.9. The van der Waals surface area contributed by atoms with Gasteiger partial charge in [-0.25, -0.2) is 0 Å². The van der Waals surface area contributed by atoms with E-state index in [-0.39, 0.29) is 17.9 Å². The lowest BCUT2D eigenvalue weighted by Crippen LogP contribution is -2.26. The number of rotatable bonds is 4. The second kappa shape index (κ2) is 7.80. The van der Waals surface area contributed by atoms with Crippen molar-refractivity contribution in [3.8, 4) is 0 Å². The number of nitrogens with two attached hydrogens (primary N) is 1. The van der Waals surface area contributed by atoms with Crippen LogP contribution >= 0.6 is 0 Å². The van der Waals surface area contributed by atoms with Crippen LogP contribution in [-0.4, -0.2) is 16.8 Å². The van der Waals surface area contributed by atoms with Crippen LogP contribution in [-0.2, 0) is 4.79 Å². The summed E-state index contributed by atoms with van der Waals surface area (Å²) in [6.45, 7) is 7.79. The lowest BCUT2D eigenvalue weighted by Gasteiger charge is -2.15. The first-order valence-electron chi connectivity index (χ1n) is 10.2. The van der Waals surface area contributed by atoms with E-state index in [1.165, 1.54) is 0 Å². The van der Waals surface area contributed by atoms with E-state index < -0.39 is 0 Å². The summed E-state index contributed by atoms with van der Waals surface area (Å²) in [7, 11) is 0. The summed E-state index contributed by atoms with van der Waals surface area (Å²) < 4.78 is 0. The van der Waals surface area contributed by atoms with E-state index in [2.05, 4.69) is 21.7 Å². The Balaban J connectivity index is 1.63. The number of anilines is 2. The van der Waals surface area contributed by atoms with Crippen molar-refractivity contribution in [3.05, 3.63) is 81.7 Å². The normalized spacial score (nSPS) is 15.0. The molecule has 1 atom stereocenters. The maximum atomic E-state index is 12.9. The molecule has 6 nitrogen and oxygen atoms in total. The van der Waals surface area contributed by atoms with Gasteiger partial charge in [0.25, 0.3) is 11.8 Å². The maximum Gasteiger partial charge on any atom is 0.256 e. The third-order valence-electron chi connectivity index (χ3n) is 5.78. The number of benzene rings is 2. The van der Waals surface area contributed by atoms with Crippen molar-refractivity contribution in [2.75, 3.05) is 11.1 Å². The van der Waals surface area contributed by atoms with E-state index in [1.54, 1.807) is 24.3 Å². The molecule has 0 aliphatic carbocycles. The number of fused-ring (bicyclic) bond motifs is 1. The molecule has 0 bridgehead atoms. The highest BCUT2D eigenvalue weighted by molar-refractivity contribution is 6.35. The predicted molar refractivity (Wildman–Crippen MR) is 125 cm³/mol. The first-order valence-corrected chi connectivity index (χ1v) is 10.2. The van der Waals surface area contributed by atoms with Crippen molar-refractivity contribution in [1.82, 2.24) is 10.3 Å². The van der Waals surface area contributed by atoms with Crippen molar-refractivity contribution in [2.45, 2.75) is 33.7 Å². The molecular weight excluding hydrogens is 388 g/mol. The Kier molecular flexibility index (Phi) is 5.15. The van der Waals surface area contributed by atoms with E-state index in [0.717, 1.165) is 28.1 Å². The number of aromatic nitrogens is 1. The molecule has 0 spiro atoms. The molecule has 1 aromatic heterocycles. The number of nitrogens with one attached hydrogen (secondary N) is 3. The molecule has 2 aromatic carbocycles. The van der Waals surface area contributed by atoms with E-state index >= 15 is 0 Å². The average molecular weight is 415 g/mol. The second-order valence-corrected chi connectivity index (χ2v) is 8.08. The van der Waals surface area contributed by atoms with Gasteiger partial charge in [-0.15, -0.1) is 0 Å². The molecule has 158 valence electrons. The monoisotopic (exact) mass is 414 g/mol.